The van der Waals surface area contributed by atoms with Gasteiger partial charge < -0.3 is 14.2 Å². The minimum atomic E-state index is -0.509. The molecule has 1 aromatic carbocycles. The molecule has 0 aliphatic rings. The molecule has 3 heterocycles. The molecule has 3 aromatic heterocycles. The van der Waals surface area contributed by atoms with Gasteiger partial charge in [-0.1, -0.05) is 0 Å². The van der Waals surface area contributed by atoms with Gasteiger partial charge in [0.1, 0.15) is 11.3 Å². The standard InChI is InChI=1S/C17H10FN3O3/c18-12-4-3-10(20-16(22)15-2-1-7-23-15)8-11(12)17-21-13-9-19-6-5-14(13)24-17/h1-9H,(H,20,22). The van der Waals surface area contributed by atoms with Crippen molar-refractivity contribution in [3.05, 3.63) is 66.6 Å². The van der Waals surface area contributed by atoms with E-state index < -0.39 is 11.7 Å². The maximum Gasteiger partial charge on any atom is 0.291 e. The van der Waals surface area contributed by atoms with Crippen molar-refractivity contribution in [1.82, 2.24) is 9.97 Å². The molecule has 0 unspecified atom stereocenters. The van der Waals surface area contributed by atoms with Gasteiger partial charge in [0.05, 0.1) is 18.0 Å². The summed E-state index contributed by atoms with van der Waals surface area (Å²) in [6.45, 7) is 0. The van der Waals surface area contributed by atoms with E-state index in [-0.39, 0.29) is 17.2 Å². The smallest absolute Gasteiger partial charge is 0.291 e. The van der Waals surface area contributed by atoms with Crippen molar-refractivity contribution < 1.29 is 18.0 Å². The minimum Gasteiger partial charge on any atom is -0.459 e. The zero-order valence-corrected chi connectivity index (χ0v) is 12.2. The molecule has 1 N–H and O–H groups in total. The first-order valence-corrected chi connectivity index (χ1v) is 7.06. The van der Waals surface area contributed by atoms with E-state index >= 15 is 0 Å². The number of anilines is 1. The van der Waals surface area contributed by atoms with Gasteiger partial charge in [0, 0.05) is 18.0 Å². The molecule has 24 heavy (non-hydrogen) atoms. The topological polar surface area (TPSA) is 81.2 Å². The Labute approximate surface area is 134 Å². The lowest BCUT2D eigenvalue weighted by Crippen LogP contribution is -2.10. The number of aromatic nitrogens is 2. The number of hydrogen-bond donors (Lipinski definition) is 1. The molecular formula is C17H10FN3O3. The Morgan fingerprint density at radius 2 is 2.12 bits per heavy atom. The molecule has 0 aliphatic heterocycles. The second kappa shape index (κ2) is 5.62. The van der Waals surface area contributed by atoms with E-state index in [1.165, 1.54) is 36.7 Å². The van der Waals surface area contributed by atoms with E-state index in [1.54, 1.807) is 18.3 Å². The highest BCUT2D eigenvalue weighted by Gasteiger charge is 2.15. The van der Waals surface area contributed by atoms with Gasteiger partial charge in [-0.2, -0.15) is 0 Å². The Balaban J connectivity index is 1.69. The van der Waals surface area contributed by atoms with Crippen LogP contribution in [0.5, 0.6) is 0 Å². The number of nitrogens with zero attached hydrogens (tertiary/aromatic N) is 2. The first-order valence-electron chi connectivity index (χ1n) is 7.06. The molecule has 0 radical (unpaired) electrons. The summed E-state index contributed by atoms with van der Waals surface area (Å²) < 4.78 is 24.7. The van der Waals surface area contributed by atoms with E-state index in [0.29, 0.717) is 16.8 Å². The van der Waals surface area contributed by atoms with Gasteiger partial charge in [-0.25, -0.2) is 9.37 Å². The van der Waals surface area contributed by atoms with Crippen LogP contribution in [-0.4, -0.2) is 15.9 Å². The van der Waals surface area contributed by atoms with Crippen molar-refractivity contribution in [1.29, 1.82) is 0 Å². The summed E-state index contributed by atoms with van der Waals surface area (Å²) >= 11 is 0. The van der Waals surface area contributed by atoms with Gasteiger partial charge in [-0.3, -0.25) is 9.78 Å². The second-order valence-electron chi connectivity index (χ2n) is 4.99. The SMILES string of the molecule is O=C(Nc1ccc(F)c(-c2nc3cnccc3o2)c1)c1ccco1. The molecule has 118 valence electrons. The van der Waals surface area contributed by atoms with Crippen LogP contribution in [0.2, 0.25) is 0 Å². The number of nitrogens with one attached hydrogen (secondary N) is 1. The number of rotatable bonds is 3. The highest BCUT2D eigenvalue weighted by Crippen LogP contribution is 2.28. The lowest BCUT2D eigenvalue weighted by atomic mass is 10.2. The average Bonchev–Trinajstić information content (AvgIpc) is 3.25. The number of amides is 1. The monoisotopic (exact) mass is 323 g/mol. The van der Waals surface area contributed by atoms with Crippen LogP contribution in [-0.2, 0) is 0 Å². The summed E-state index contributed by atoms with van der Waals surface area (Å²) in [6.07, 6.45) is 4.49. The van der Waals surface area contributed by atoms with Gasteiger partial charge in [0.2, 0.25) is 5.89 Å². The molecule has 6 nitrogen and oxygen atoms in total. The Hall–Kier alpha value is -3.48. The molecule has 0 atom stereocenters. The third kappa shape index (κ3) is 2.52. The van der Waals surface area contributed by atoms with Gasteiger partial charge in [0.15, 0.2) is 11.3 Å². The van der Waals surface area contributed by atoms with Gasteiger partial charge in [-0.05, 0) is 30.3 Å². The fourth-order valence-electron chi connectivity index (χ4n) is 2.26. The van der Waals surface area contributed by atoms with Gasteiger partial charge >= 0.3 is 0 Å². The molecule has 0 spiro atoms. The summed E-state index contributed by atoms with van der Waals surface area (Å²) in [6, 6.07) is 8.93. The van der Waals surface area contributed by atoms with Crippen molar-refractivity contribution in [3.8, 4) is 11.5 Å². The van der Waals surface area contributed by atoms with Gasteiger partial charge in [-0.15, -0.1) is 0 Å². The normalized spacial score (nSPS) is 10.9. The lowest BCUT2D eigenvalue weighted by molar-refractivity contribution is 0.0996. The molecule has 0 fully saturated rings. The Morgan fingerprint density at radius 3 is 2.92 bits per heavy atom. The maximum absolute atomic E-state index is 14.1. The third-order valence-corrected chi connectivity index (χ3v) is 3.39. The third-order valence-electron chi connectivity index (χ3n) is 3.39. The zero-order chi connectivity index (χ0) is 16.5. The van der Waals surface area contributed by atoms with Crippen molar-refractivity contribution in [3.63, 3.8) is 0 Å². The number of carbonyl (C=O) groups is 1. The van der Waals surface area contributed by atoms with E-state index in [2.05, 4.69) is 15.3 Å². The van der Waals surface area contributed by atoms with E-state index in [1.807, 2.05) is 0 Å². The number of halogens is 1. The molecule has 4 aromatic rings. The number of oxazole rings is 1. The largest absolute Gasteiger partial charge is 0.459 e. The van der Waals surface area contributed by atoms with E-state index in [0.717, 1.165) is 0 Å². The number of fused-ring (bicyclic) bond motifs is 1. The molecule has 4 rings (SSSR count). The molecule has 0 saturated carbocycles. The van der Waals surface area contributed by atoms with Crippen LogP contribution in [0.25, 0.3) is 22.6 Å². The van der Waals surface area contributed by atoms with Crippen LogP contribution in [0.4, 0.5) is 10.1 Å². The van der Waals surface area contributed by atoms with E-state index in [4.69, 9.17) is 8.83 Å². The summed E-state index contributed by atoms with van der Waals surface area (Å²) in [5.74, 6) is -0.664. The average molecular weight is 323 g/mol. The Kier molecular flexibility index (Phi) is 3.31. The molecule has 7 heteroatoms. The quantitative estimate of drug-likeness (QED) is 0.619. The first-order chi connectivity index (χ1) is 11.7. The van der Waals surface area contributed by atoms with Crippen molar-refractivity contribution in [2.75, 3.05) is 5.32 Å². The van der Waals surface area contributed by atoms with E-state index in [9.17, 15) is 9.18 Å². The highest BCUT2D eigenvalue weighted by atomic mass is 19.1. The predicted molar refractivity (Wildman–Crippen MR) is 83.9 cm³/mol. The molecular weight excluding hydrogens is 313 g/mol. The number of carbonyl (C=O) groups excluding carboxylic acids is 1. The summed E-state index contributed by atoms with van der Waals surface area (Å²) in [7, 11) is 0. The summed E-state index contributed by atoms with van der Waals surface area (Å²) in [5, 5.41) is 2.63. The molecule has 0 saturated heterocycles. The van der Waals surface area contributed by atoms with Crippen LogP contribution in [0.1, 0.15) is 10.6 Å². The lowest BCUT2D eigenvalue weighted by Gasteiger charge is -2.05. The second-order valence-corrected chi connectivity index (χ2v) is 4.99. The molecule has 1 amide bonds. The minimum absolute atomic E-state index is 0.115. The Bertz CT molecular complexity index is 992. The van der Waals surface area contributed by atoms with Crippen LogP contribution in [0.3, 0.4) is 0 Å². The zero-order valence-electron chi connectivity index (χ0n) is 12.2. The van der Waals surface area contributed by atoms with Crippen molar-refractivity contribution in [2.45, 2.75) is 0 Å². The number of benzene rings is 1. The molecule has 0 aliphatic carbocycles. The highest BCUT2D eigenvalue weighted by molar-refractivity contribution is 6.02. The number of pyridine rings is 1. The maximum atomic E-state index is 14.1. The van der Waals surface area contributed by atoms with Crippen LogP contribution < -0.4 is 5.32 Å². The number of hydrogen-bond acceptors (Lipinski definition) is 5. The Morgan fingerprint density at radius 1 is 1.21 bits per heavy atom. The van der Waals surface area contributed by atoms with Crippen LogP contribution in [0, 0.1) is 5.82 Å². The molecule has 0 bridgehead atoms. The van der Waals surface area contributed by atoms with Crippen molar-refractivity contribution >= 4 is 22.7 Å². The van der Waals surface area contributed by atoms with Crippen LogP contribution in [0.15, 0.2) is 63.9 Å². The van der Waals surface area contributed by atoms with Gasteiger partial charge in [0.25, 0.3) is 5.91 Å². The van der Waals surface area contributed by atoms with Crippen LogP contribution >= 0.6 is 0 Å². The van der Waals surface area contributed by atoms with Crippen molar-refractivity contribution in [2.24, 2.45) is 0 Å². The summed E-state index contributed by atoms with van der Waals surface area (Å²) in [4.78, 5) is 20.2. The summed E-state index contributed by atoms with van der Waals surface area (Å²) in [5.41, 5.74) is 1.57. The first kappa shape index (κ1) is 14.1. The number of furan rings is 1. The predicted octanol–water partition coefficient (Wildman–Crippen LogP) is 3.87. The fourth-order valence-corrected chi connectivity index (χ4v) is 2.26. The fraction of sp³-hybridized carbons (Fsp3) is 0.